The van der Waals surface area contributed by atoms with Crippen molar-refractivity contribution < 1.29 is 23.3 Å². The third-order valence-electron chi connectivity index (χ3n) is 4.55. The van der Waals surface area contributed by atoms with Crippen LogP contribution in [0.1, 0.15) is 32.9 Å². The van der Waals surface area contributed by atoms with Gasteiger partial charge in [-0.15, -0.1) is 0 Å². The molecule has 0 spiro atoms. The van der Waals surface area contributed by atoms with Gasteiger partial charge in [-0.25, -0.2) is 13.9 Å². The van der Waals surface area contributed by atoms with Crippen molar-refractivity contribution in [1.82, 2.24) is 19.5 Å². The van der Waals surface area contributed by atoms with E-state index in [0.717, 1.165) is 12.8 Å². The molecule has 1 aliphatic rings. The molecule has 3 N–H and O–H groups in total. The number of halogens is 1. The molecular weight excluding hydrogens is 378 g/mol. The third kappa shape index (κ3) is 4.01. The van der Waals surface area contributed by atoms with Crippen LogP contribution in [0.2, 0.25) is 0 Å². The summed E-state index contributed by atoms with van der Waals surface area (Å²) in [6, 6.07) is 0.387. The second kappa shape index (κ2) is 7.59. The number of nitrogens with zero attached hydrogens (tertiary/aromatic N) is 5. The molecule has 0 radical (unpaired) electrons. The van der Waals surface area contributed by atoms with Gasteiger partial charge >= 0.3 is 8.69 Å². The number of ether oxygens (including phenoxy) is 1. The number of hydrogen-bond donors (Lipinski definition) is 2. The fourth-order valence-corrected chi connectivity index (χ4v) is 3.00. The number of rotatable bonds is 9. The monoisotopic (exact) mass is 400 g/mol. The van der Waals surface area contributed by atoms with Crippen LogP contribution in [-0.4, -0.2) is 56.3 Å². The normalized spacial score (nSPS) is 19.1. The van der Waals surface area contributed by atoms with Gasteiger partial charge in [-0.05, 0) is 26.7 Å². The molecule has 1 saturated carbocycles. The lowest BCUT2D eigenvalue weighted by molar-refractivity contribution is -0.252. The number of imidazole rings is 1. The molecule has 10 nitrogen and oxygen atoms in total. The molecule has 27 heavy (non-hydrogen) atoms. The van der Waals surface area contributed by atoms with E-state index in [2.05, 4.69) is 19.5 Å². The van der Waals surface area contributed by atoms with E-state index in [1.807, 2.05) is 11.9 Å². The van der Waals surface area contributed by atoms with Gasteiger partial charge in [0.15, 0.2) is 17.0 Å². The van der Waals surface area contributed by atoms with Crippen molar-refractivity contribution in [2.75, 3.05) is 24.3 Å². The van der Waals surface area contributed by atoms with Gasteiger partial charge in [0.25, 0.3) is 5.85 Å². The zero-order valence-corrected chi connectivity index (χ0v) is 16.1. The van der Waals surface area contributed by atoms with Crippen LogP contribution in [0, 0.1) is 0 Å². The molecule has 2 heterocycles. The zero-order chi connectivity index (χ0) is 19.8. The summed E-state index contributed by atoms with van der Waals surface area (Å²) < 4.78 is 36.8. The van der Waals surface area contributed by atoms with Crippen molar-refractivity contribution in [1.29, 1.82) is 0 Å². The molecule has 0 aliphatic heterocycles. The number of hydrogen-bond acceptors (Lipinski definition) is 9. The number of aliphatic hydroxyl groups excluding tert-OH is 1. The maximum atomic E-state index is 14.9. The SMILES string of the molecule is CC(O)[C@@](F)(COP=O)O[C@H](C)n1cnc2c(N(C)C3CC3)nc(N)nc21. The van der Waals surface area contributed by atoms with E-state index in [1.54, 1.807) is 6.92 Å². The van der Waals surface area contributed by atoms with E-state index in [-0.39, 0.29) is 5.95 Å². The Morgan fingerprint density at radius 3 is 2.81 bits per heavy atom. The van der Waals surface area contributed by atoms with Crippen LogP contribution in [0.15, 0.2) is 6.33 Å². The molecule has 1 fully saturated rings. The first-order chi connectivity index (χ1) is 12.8. The fourth-order valence-electron chi connectivity index (χ4n) is 2.77. The number of nitrogens with two attached hydrogens (primary N) is 1. The summed E-state index contributed by atoms with van der Waals surface area (Å²) in [5.74, 6) is -1.91. The first-order valence-electron chi connectivity index (χ1n) is 8.49. The Hall–Kier alpha value is -1.94. The molecule has 2 aromatic heterocycles. The van der Waals surface area contributed by atoms with Gasteiger partial charge < -0.3 is 20.5 Å². The molecule has 3 rings (SSSR count). The number of anilines is 2. The van der Waals surface area contributed by atoms with Crippen LogP contribution in [0.25, 0.3) is 11.2 Å². The van der Waals surface area contributed by atoms with E-state index in [4.69, 9.17) is 10.5 Å². The van der Waals surface area contributed by atoms with E-state index in [9.17, 15) is 14.1 Å². The van der Waals surface area contributed by atoms with Crippen molar-refractivity contribution >= 4 is 31.6 Å². The molecule has 1 unspecified atom stereocenters. The molecular formula is C15H22FN6O4P. The molecule has 0 bridgehead atoms. The van der Waals surface area contributed by atoms with E-state index < -0.39 is 33.5 Å². The Labute approximate surface area is 156 Å². The Balaban J connectivity index is 1.93. The summed E-state index contributed by atoms with van der Waals surface area (Å²) in [6.45, 7) is 2.07. The van der Waals surface area contributed by atoms with Gasteiger partial charge in [-0.3, -0.25) is 9.09 Å². The first kappa shape index (κ1) is 19.8. The average Bonchev–Trinajstić information content (AvgIpc) is 3.38. The van der Waals surface area contributed by atoms with Crippen molar-refractivity contribution in [3.63, 3.8) is 0 Å². The lowest BCUT2D eigenvalue weighted by Gasteiger charge is -2.30. The summed E-state index contributed by atoms with van der Waals surface area (Å²) in [5, 5.41) is 9.72. The van der Waals surface area contributed by atoms with Gasteiger partial charge in [-0.1, -0.05) is 0 Å². The Morgan fingerprint density at radius 2 is 2.22 bits per heavy atom. The van der Waals surface area contributed by atoms with Gasteiger partial charge in [0, 0.05) is 13.1 Å². The highest BCUT2D eigenvalue weighted by Crippen LogP contribution is 2.34. The average molecular weight is 400 g/mol. The lowest BCUT2D eigenvalue weighted by atomic mass is 10.2. The number of aromatic nitrogens is 4. The number of aliphatic hydroxyl groups is 1. The summed E-state index contributed by atoms with van der Waals surface area (Å²) in [5.41, 5.74) is 6.75. The minimum Gasteiger partial charge on any atom is -0.387 e. The quantitative estimate of drug-likeness (QED) is 0.606. The second-order valence-corrected chi connectivity index (χ2v) is 7.01. The molecule has 0 aromatic carbocycles. The van der Waals surface area contributed by atoms with Gasteiger partial charge in [0.2, 0.25) is 5.95 Å². The van der Waals surface area contributed by atoms with Crippen molar-refractivity contribution in [2.24, 2.45) is 0 Å². The van der Waals surface area contributed by atoms with Gasteiger partial charge in [0.05, 0.1) is 6.33 Å². The summed E-state index contributed by atoms with van der Waals surface area (Å²) >= 11 is 0. The van der Waals surface area contributed by atoms with Gasteiger partial charge in [0.1, 0.15) is 18.9 Å². The van der Waals surface area contributed by atoms with Crippen molar-refractivity contribution in [3.05, 3.63) is 6.33 Å². The van der Waals surface area contributed by atoms with E-state index in [1.165, 1.54) is 17.8 Å². The summed E-state index contributed by atoms with van der Waals surface area (Å²) in [6.07, 6.45) is 1.16. The van der Waals surface area contributed by atoms with Crippen molar-refractivity contribution in [3.8, 4) is 0 Å². The number of nitrogen functional groups attached to an aromatic ring is 1. The van der Waals surface area contributed by atoms with E-state index >= 15 is 0 Å². The Bertz CT molecular complexity index is 832. The minimum atomic E-state index is -2.57. The number of alkyl halides is 1. The second-order valence-electron chi connectivity index (χ2n) is 6.60. The Kier molecular flexibility index (Phi) is 5.57. The fraction of sp³-hybridized carbons (Fsp3) is 0.667. The summed E-state index contributed by atoms with van der Waals surface area (Å²) in [4.78, 5) is 14.8. The van der Waals surface area contributed by atoms with Gasteiger partial charge in [-0.2, -0.15) is 9.97 Å². The molecule has 0 amide bonds. The molecule has 12 heteroatoms. The van der Waals surface area contributed by atoms with Crippen molar-refractivity contribution in [2.45, 2.75) is 50.9 Å². The largest absolute Gasteiger partial charge is 0.387 e. The third-order valence-corrected chi connectivity index (χ3v) is 4.78. The first-order valence-corrected chi connectivity index (χ1v) is 9.22. The van der Waals surface area contributed by atoms with Crippen LogP contribution in [0.3, 0.4) is 0 Å². The molecule has 2 aromatic rings. The predicted octanol–water partition coefficient (Wildman–Crippen LogP) is 1.81. The summed E-state index contributed by atoms with van der Waals surface area (Å²) in [7, 11) is 1.20. The Morgan fingerprint density at radius 1 is 1.52 bits per heavy atom. The topological polar surface area (TPSA) is 129 Å². The van der Waals surface area contributed by atoms with Crippen LogP contribution >= 0.6 is 8.69 Å². The maximum absolute atomic E-state index is 14.9. The van der Waals surface area contributed by atoms with Crippen LogP contribution in [-0.2, 0) is 13.8 Å². The number of fused-ring (bicyclic) bond motifs is 1. The maximum Gasteiger partial charge on any atom is 0.327 e. The highest BCUT2D eigenvalue weighted by Gasteiger charge is 2.40. The lowest BCUT2D eigenvalue weighted by Crippen LogP contribution is -2.44. The molecule has 1 aliphatic carbocycles. The zero-order valence-electron chi connectivity index (χ0n) is 15.2. The standard InChI is InChI=1S/C15H22FN6O4P/c1-8(23)15(16,6-25-27-24)26-9(2)22-7-18-11-12(21(3)10-4-5-10)19-14(17)20-13(11)22/h7-10,23H,4-6H2,1-3H3,(H2,17,19,20)/t8?,9-,15-/m1/s1. The highest BCUT2D eigenvalue weighted by atomic mass is 31.1. The molecule has 3 atom stereocenters. The van der Waals surface area contributed by atoms with Crippen LogP contribution in [0.4, 0.5) is 16.2 Å². The van der Waals surface area contributed by atoms with Crippen LogP contribution in [0.5, 0.6) is 0 Å². The smallest absolute Gasteiger partial charge is 0.327 e. The highest BCUT2D eigenvalue weighted by molar-refractivity contribution is 7.17. The predicted molar refractivity (Wildman–Crippen MR) is 96.0 cm³/mol. The van der Waals surface area contributed by atoms with Crippen LogP contribution < -0.4 is 10.6 Å². The van der Waals surface area contributed by atoms with E-state index in [0.29, 0.717) is 23.0 Å². The molecule has 0 saturated heterocycles. The minimum absolute atomic E-state index is 0.0643. The molecule has 148 valence electrons.